The lowest BCUT2D eigenvalue weighted by Crippen LogP contribution is -2.22. The summed E-state index contributed by atoms with van der Waals surface area (Å²) in [5.41, 5.74) is 4.21. The summed E-state index contributed by atoms with van der Waals surface area (Å²) in [4.78, 5) is 3.49. The second-order valence-corrected chi connectivity index (χ2v) is 2.22. The molecule has 0 aliphatic carbocycles. The highest BCUT2D eigenvalue weighted by Gasteiger charge is 2.35. The zero-order valence-electron chi connectivity index (χ0n) is 5.65. The molecule has 2 nitrogen and oxygen atoms in total. The fraction of sp³-hybridized carbons (Fsp3) is 0.500. The van der Waals surface area contributed by atoms with Gasteiger partial charge in [0.1, 0.15) is 0 Å². The molecular formula is C6H7F3N2. The first-order valence-corrected chi connectivity index (χ1v) is 3.07. The maximum atomic E-state index is 12.0. The molecular weight excluding hydrogens is 157 g/mol. The minimum Gasteiger partial charge on any atom is -0.401 e. The first kappa shape index (κ1) is 8.10. The Labute approximate surface area is 61.6 Å². The van der Waals surface area contributed by atoms with E-state index in [1.54, 1.807) is 0 Å². The quantitative estimate of drug-likeness (QED) is 0.574. The zero-order chi connectivity index (χ0) is 8.48. The highest BCUT2D eigenvalue weighted by molar-refractivity contribution is 5.82. The van der Waals surface area contributed by atoms with Crippen molar-refractivity contribution in [2.45, 2.75) is 12.6 Å². The molecule has 0 unspecified atom stereocenters. The van der Waals surface area contributed by atoms with Crippen molar-refractivity contribution in [3.05, 3.63) is 11.3 Å². The number of allylic oxidation sites excluding steroid dienone is 1. The molecule has 0 bridgehead atoms. The van der Waals surface area contributed by atoms with Gasteiger partial charge in [0.15, 0.2) is 0 Å². The lowest BCUT2D eigenvalue weighted by atomic mass is 10.1. The topological polar surface area (TPSA) is 38.4 Å². The molecule has 0 aromatic heterocycles. The van der Waals surface area contributed by atoms with E-state index in [4.69, 9.17) is 5.73 Å². The van der Waals surface area contributed by atoms with Crippen LogP contribution in [0, 0.1) is 0 Å². The zero-order valence-corrected chi connectivity index (χ0v) is 5.65. The maximum Gasteiger partial charge on any atom is 0.419 e. The van der Waals surface area contributed by atoms with Gasteiger partial charge < -0.3 is 5.73 Å². The number of nitrogens with two attached hydrogens (primary N) is 1. The van der Waals surface area contributed by atoms with Crippen molar-refractivity contribution < 1.29 is 13.2 Å². The number of dihydropyridines is 1. The van der Waals surface area contributed by atoms with E-state index < -0.39 is 11.7 Å². The molecule has 1 heterocycles. The van der Waals surface area contributed by atoms with Crippen LogP contribution >= 0.6 is 0 Å². The second-order valence-electron chi connectivity index (χ2n) is 2.22. The molecule has 0 saturated heterocycles. The van der Waals surface area contributed by atoms with Crippen molar-refractivity contribution in [2.75, 3.05) is 6.54 Å². The first-order valence-electron chi connectivity index (χ1n) is 3.07. The van der Waals surface area contributed by atoms with Gasteiger partial charge in [-0.2, -0.15) is 13.2 Å². The summed E-state index contributed by atoms with van der Waals surface area (Å²) in [5.74, 6) is 0. The van der Waals surface area contributed by atoms with E-state index in [-0.39, 0.29) is 12.1 Å². The van der Waals surface area contributed by atoms with Gasteiger partial charge in [0.25, 0.3) is 0 Å². The van der Waals surface area contributed by atoms with Gasteiger partial charge in [0.2, 0.25) is 0 Å². The lowest BCUT2D eigenvalue weighted by Gasteiger charge is -2.13. The smallest absolute Gasteiger partial charge is 0.401 e. The largest absolute Gasteiger partial charge is 0.419 e. The predicted molar refractivity (Wildman–Crippen MR) is 35.2 cm³/mol. The van der Waals surface area contributed by atoms with Crippen LogP contribution in [0.2, 0.25) is 0 Å². The van der Waals surface area contributed by atoms with Crippen LogP contribution in [0.3, 0.4) is 0 Å². The molecule has 1 aliphatic rings. The van der Waals surface area contributed by atoms with Gasteiger partial charge in [-0.1, -0.05) is 0 Å². The van der Waals surface area contributed by atoms with E-state index >= 15 is 0 Å². The summed E-state index contributed by atoms with van der Waals surface area (Å²) in [6.45, 7) is 0.353. The molecule has 0 amide bonds. The molecule has 0 spiro atoms. The van der Waals surface area contributed by atoms with Gasteiger partial charge in [-0.25, -0.2) is 0 Å². The average Bonchev–Trinajstić information content (AvgIpc) is 1.86. The minimum atomic E-state index is -4.35. The number of halogens is 3. The maximum absolute atomic E-state index is 12.0. The van der Waals surface area contributed by atoms with Gasteiger partial charge in [-0.15, -0.1) is 0 Å². The molecule has 1 rings (SSSR count). The van der Waals surface area contributed by atoms with Crippen LogP contribution in [0.5, 0.6) is 0 Å². The van der Waals surface area contributed by atoms with E-state index in [1.807, 2.05) is 0 Å². The average molecular weight is 164 g/mol. The Bertz CT molecular complexity index is 214. The van der Waals surface area contributed by atoms with Crippen molar-refractivity contribution in [3.8, 4) is 0 Å². The Morgan fingerprint density at radius 3 is 2.45 bits per heavy atom. The summed E-state index contributed by atoms with van der Waals surface area (Å²) >= 11 is 0. The Morgan fingerprint density at radius 2 is 2.09 bits per heavy atom. The number of nitrogens with zero attached hydrogens (tertiary/aromatic N) is 1. The summed E-state index contributed by atoms with van der Waals surface area (Å²) in [6, 6.07) is 0. The van der Waals surface area contributed by atoms with Crippen molar-refractivity contribution in [1.82, 2.24) is 0 Å². The van der Waals surface area contributed by atoms with Crippen LogP contribution in [0.15, 0.2) is 16.3 Å². The molecule has 2 N–H and O–H groups in total. The fourth-order valence-electron chi connectivity index (χ4n) is 0.814. The van der Waals surface area contributed by atoms with E-state index in [9.17, 15) is 13.2 Å². The van der Waals surface area contributed by atoms with Gasteiger partial charge in [0.05, 0.1) is 5.57 Å². The number of hydrogen-bond donors (Lipinski definition) is 1. The van der Waals surface area contributed by atoms with Crippen LogP contribution in [0.25, 0.3) is 0 Å². The van der Waals surface area contributed by atoms with E-state index in [2.05, 4.69) is 4.99 Å². The first-order chi connectivity index (χ1) is 5.02. The standard InChI is InChI=1S/C6H7F3N2/c7-6(8,9)4-3-11-2-1-5(4)10/h3H,1-2,10H2. The van der Waals surface area contributed by atoms with Crippen LogP contribution < -0.4 is 5.73 Å². The fourth-order valence-corrected chi connectivity index (χ4v) is 0.814. The third kappa shape index (κ3) is 1.72. The SMILES string of the molecule is NC1=C(C(F)(F)F)C=NCC1. The molecule has 0 saturated carbocycles. The number of hydrogen-bond acceptors (Lipinski definition) is 2. The molecule has 11 heavy (non-hydrogen) atoms. The number of alkyl halides is 3. The summed E-state index contributed by atoms with van der Waals surface area (Å²) in [5, 5.41) is 0. The van der Waals surface area contributed by atoms with Crippen LogP contribution in [0.1, 0.15) is 6.42 Å². The van der Waals surface area contributed by atoms with Crippen LogP contribution in [-0.2, 0) is 0 Å². The summed E-state index contributed by atoms with van der Waals surface area (Å²) in [6.07, 6.45) is -3.36. The van der Waals surface area contributed by atoms with Crippen LogP contribution in [-0.4, -0.2) is 18.9 Å². The lowest BCUT2D eigenvalue weighted by molar-refractivity contribution is -0.0867. The molecule has 0 fully saturated rings. The van der Waals surface area contributed by atoms with Gasteiger partial charge in [-0.05, 0) is 0 Å². The molecule has 1 aliphatic heterocycles. The predicted octanol–water partition coefficient (Wildman–Crippen LogP) is 1.24. The van der Waals surface area contributed by atoms with Crippen molar-refractivity contribution in [3.63, 3.8) is 0 Å². The molecule has 0 aromatic carbocycles. The highest BCUT2D eigenvalue weighted by Crippen LogP contribution is 2.27. The molecule has 0 radical (unpaired) electrons. The molecule has 0 atom stereocenters. The highest BCUT2D eigenvalue weighted by atomic mass is 19.4. The van der Waals surface area contributed by atoms with E-state index in [1.165, 1.54) is 0 Å². The van der Waals surface area contributed by atoms with Gasteiger partial charge in [0, 0.05) is 24.9 Å². The number of aliphatic imine (C=N–C) groups is 1. The van der Waals surface area contributed by atoms with Gasteiger partial charge in [-0.3, -0.25) is 4.99 Å². The Morgan fingerprint density at radius 1 is 1.45 bits per heavy atom. The molecule has 62 valence electrons. The van der Waals surface area contributed by atoms with Crippen molar-refractivity contribution >= 4 is 6.21 Å². The number of rotatable bonds is 0. The molecule has 5 heteroatoms. The Kier molecular flexibility index (Phi) is 1.89. The molecule has 0 aromatic rings. The normalized spacial score (nSPS) is 19.2. The summed E-state index contributed by atoms with van der Waals surface area (Å²) < 4.78 is 35.9. The Balaban J connectivity index is 2.93. The van der Waals surface area contributed by atoms with Crippen LogP contribution in [0.4, 0.5) is 13.2 Å². The summed E-state index contributed by atoms with van der Waals surface area (Å²) in [7, 11) is 0. The third-order valence-corrected chi connectivity index (χ3v) is 1.38. The van der Waals surface area contributed by atoms with Crippen molar-refractivity contribution in [1.29, 1.82) is 0 Å². The monoisotopic (exact) mass is 164 g/mol. The second kappa shape index (κ2) is 2.56. The van der Waals surface area contributed by atoms with Crippen molar-refractivity contribution in [2.24, 2.45) is 10.7 Å². The Hall–Kier alpha value is -1.00. The third-order valence-electron chi connectivity index (χ3n) is 1.38. The van der Waals surface area contributed by atoms with Gasteiger partial charge >= 0.3 is 6.18 Å². The minimum absolute atomic E-state index is 0.118. The van der Waals surface area contributed by atoms with E-state index in [0.29, 0.717) is 6.54 Å². The van der Waals surface area contributed by atoms with E-state index in [0.717, 1.165) is 6.21 Å².